The molecule has 0 N–H and O–H groups in total. The van der Waals surface area contributed by atoms with Gasteiger partial charge >= 0.3 is 0 Å². The van der Waals surface area contributed by atoms with Gasteiger partial charge in [-0.25, -0.2) is 4.98 Å². The number of amides is 1. The van der Waals surface area contributed by atoms with E-state index in [1.54, 1.807) is 0 Å². The average Bonchev–Trinajstić information content (AvgIpc) is 3.24. The molecule has 0 atom stereocenters. The highest BCUT2D eigenvalue weighted by Crippen LogP contribution is 2.36. The third-order valence-electron chi connectivity index (χ3n) is 8.06. The lowest BCUT2D eigenvalue weighted by atomic mass is 9.86. The van der Waals surface area contributed by atoms with Gasteiger partial charge in [-0.05, 0) is 52.3 Å². The largest absolute Gasteiger partial charge is 0.354 e. The number of aromatic nitrogens is 3. The quantitative estimate of drug-likeness (QED) is 0.224. The van der Waals surface area contributed by atoms with Gasteiger partial charge in [0.1, 0.15) is 22.7 Å². The first-order chi connectivity index (χ1) is 20.2. The molecule has 3 heterocycles. The Bertz CT molecular complexity index is 1730. The predicted molar refractivity (Wildman–Crippen MR) is 169 cm³/mol. The number of anilines is 1. The zero-order chi connectivity index (χ0) is 29.4. The minimum atomic E-state index is 0.0512. The lowest BCUT2D eigenvalue weighted by Crippen LogP contribution is -2.35. The Hall–Kier alpha value is -4.26. The van der Waals surface area contributed by atoms with E-state index in [1.807, 2.05) is 29.2 Å². The summed E-state index contributed by atoms with van der Waals surface area (Å²) in [6.07, 6.45) is 1.59. The van der Waals surface area contributed by atoms with E-state index in [1.165, 1.54) is 10.9 Å². The van der Waals surface area contributed by atoms with E-state index in [4.69, 9.17) is 14.5 Å². The monoisotopic (exact) mass is 561 g/mol. The summed E-state index contributed by atoms with van der Waals surface area (Å²) >= 11 is 0. The maximum absolute atomic E-state index is 13.5. The summed E-state index contributed by atoms with van der Waals surface area (Å²) in [5, 5.41) is 7.66. The molecule has 7 heteroatoms. The Balaban J connectivity index is 1.32. The molecule has 1 amide bonds. The topological polar surface area (TPSA) is 75.4 Å². The van der Waals surface area contributed by atoms with Gasteiger partial charge in [0.25, 0.3) is 11.6 Å². The molecule has 0 saturated carbocycles. The van der Waals surface area contributed by atoms with Crippen LogP contribution >= 0.6 is 0 Å². The molecule has 0 aliphatic carbocycles. The van der Waals surface area contributed by atoms with Gasteiger partial charge < -0.3 is 14.3 Å². The molecule has 0 bridgehead atoms. The van der Waals surface area contributed by atoms with E-state index in [0.29, 0.717) is 31.3 Å². The van der Waals surface area contributed by atoms with Crippen molar-refractivity contribution in [3.8, 4) is 11.3 Å². The Morgan fingerprint density at radius 3 is 2.40 bits per heavy atom. The number of benzene rings is 3. The second-order valence-corrected chi connectivity index (χ2v) is 12.8. The smallest absolute Gasteiger partial charge is 0.263 e. The maximum Gasteiger partial charge on any atom is 0.263 e. The second-order valence-electron chi connectivity index (χ2n) is 12.8. The molecule has 42 heavy (non-hydrogen) atoms. The van der Waals surface area contributed by atoms with Crippen LogP contribution in [0, 0.1) is 5.92 Å². The molecule has 1 aliphatic rings. The summed E-state index contributed by atoms with van der Waals surface area (Å²) in [4.78, 5) is 27.6. The third kappa shape index (κ3) is 5.60. The van der Waals surface area contributed by atoms with Gasteiger partial charge in [0, 0.05) is 43.7 Å². The highest BCUT2D eigenvalue weighted by Gasteiger charge is 2.27. The molecule has 1 fully saturated rings. The standard InChI is InChI=1S/C35H39N5O2/c1-23(2)21-29-36-32(30-31(38-42-33(30)37-29)27-12-11-24-9-6-7-10-26(24)22-27)39-17-8-18-40(20-19-39)34(41)25-13-15-28(16-14-25)35(3,4)5/h6-7,9-16,22-23H,8,17-21H2,1-5H3. The first kappa shape index (κ1) is 27.9. The highest BCUT2D eigenvalue weighted by atomic mass is 16.5. The van der Waals surface area contributed by atoms with Gasteiger partial charge in [-0.3, -0.25) is 4.79 Å². The number of carbonyl (C=O) groups is 1. The van der Waals surface area contributed by atoms with Crippen LogP contribution in [0.2, 0.25) is 0 Å². The Morgan fingerprint density at radius 2 is 1.67 bits per heavy atom. The number of hydrogen-bond acceptors (Lipinski definition) is 6. The lowest BCUT2D eigenvalue weighted by Gasteiger charge is -2.24. The fourth-order valence-corrected chi connectivity index (χ4v) is 5.73. The molecule has 0 radical (unpaired) electrons. The van der Waals surface area contributed by atoms with Gasteiger partial charge in [-0.1, -0.05) is 88.3 Å². The van der Waals surface area contributed by atoms with Gasteiger partial charge in [-0.2, -0.15) is 4.98 Å². The van der Waals surface area contributed by atoms with Crippen LogP contribution in [0.25, 0.3) is 33.1 Å². The normalized spacial score (nSPS) is 14.6. The van der Waals surface area contributed by atoms with Crippen LogP contribution in [-0.4, -0.2) is 52.1 Å². The summed E-state index contributed by atoms with van der Waals surface area (Å²) in [5.74, 6) is 2.07. The fourth-order valence-electron chi connectivity index (χ4n) is 5.73. The Kier molecular flexibility index (Phi) is 7.43. The van der Waals surface area contributed by atoms with Crippen LogP contribution in [0.1, 0.15) is 62.8 Å². The minimum Gasteiger partial charge on any atom is -0.354 e. The number of hydrogen-bond donors (Lipinski definition) is 0. The van der Waals surface area contributed by atoms with Crippen molar-refractivity contribution in [1.82, 2.24) is 20.0 Å². The molecule has 0 spiro atoms. The van der Waals surface area contributed by atoms with Crippen LogP contribution in [0.5, 0.6) is 0 Å². The summed E-state index contributed by atoms with van der Waals surface area (Å²) in [5.41, 5.74) is 4.24. The summed E-state index contributed by atoms with van der Waals surface area (Å²) in [6, 6.07) is 22.7. The predicted octanol–water partition coefficient (Wildman–Crippen LogP) is 7.29. The number of nitrogens with zero attached hydrogens (tertiary/aromatic N) is 5. The summed E-state index contributed by atoms with van der Waals surface area (Å²) in [6.45, 7) is 13.6. The zero-order valence-corrected chi connectivity index (χ0v) is 25.2. The SMILES string of the molecule is CC(C)Cc1nc(N2CCCN(C(=O)c3ccc(C(C)(C)C)cc3)CC2)c2c(-c3ccc4ccccc4c3)noc2n1. The molecular formula is C35H39N5O2. The Morgan fingerprint density at radius 1 is 0.905 bits per heavy atom. The van der Waals surface area contributed by atoms with Gasteiger partial charge in [0.2, 0.25) is 0 Å². The van der Waals surface area contributed by atoms with Crippen molar-refractivity contribution in [3.63, 3.8) is 0 Å². The third-order valence-corrected chi connectivity index (χ3v) is 8.06. The molecule has 2 aromatic heterocycles. The molecule has 0 unspecified atom stereocenters. The van der Waals surface area contributed by atoms with Crippen molar-refractivity contribution in [3.05, 3.63) is 83.7 Å². The van der Waals surface area contributed by atoms with Crippen molar-refractivity contribution in [2.45, 2.75) is 52.9 Å². The van der Waals surface area contributed by atoms with E-state index < -0.39 is 0 Å². The average molecular weight is 562 g/mol. The summed E-state index contributed by atoms with van der Waals surface area (Å²) in [7, 11) is 0. The van der Waals surface area contributed by atoms with E-state index in [-0.39, 0.29) is 11.3 Å². The molecule has 6 rings (SSSR count). The second kappa shape index (κ2) is 11.2. The molecule has 7 nitrogen and oxygen atoms in total. The van der Waals surface area contributed by atoms with E-state index in [9.17, 15) is 4.79 Å². The van der Waals surface area contributed by atoms with Gasteiger partial charge in [-0.15, -0.1) is 0 Å². The number of carbonyl (C=O) groups excluding carboxylic acids is 1. The van der Waals surface area contributed by atoms with Crippen molar-refractivity contribution >= 4 is 33.6 Å². The first-order valence-electron chi connectivity index (χ1n) is 15.0. The van der Waals surface area contributed by atoms with Crippen LogP contribution in [0.4, 0.5) is 5.82 Å². The van der Waals surface area contributed by atoms with Gasteiger partial charge in [0.15, 0.2) is 0 Å². The first-order valence-corrected chi connectivity index (χ1v) is 15.0. The number of fused-ring (bicyclic) bond motifs is 2. The molecule has 1 saturated heterocycles. The van der Waals surface area contributed by atoms with E-state index >= 15 is 0 Å². The number of rotatable bonds is 5. The molecule has 3 aromatic carbocycles. The van der Waals surface area contributed by atoms with Crippen molar-refractivity contribution in [2.24, 2.45) is 5.92 Å². The molecule has 5 aromatic rings. The Labute approximate surface area is 247 Å². The van der Waals surface area contributed by atoms with Crippen molar-refractivity contribution in [1.29, 1.82) is 0 Å². The molecule has 1 aliphatic heterocycles. The van der Waals surface area contributed by atoms with Crippen LogP contribution in [0.3, 0.4) is 0 Å². The van der Waals surface area contributed by atoms with Crippen LogP contribution in [0.15, 0.2) is 71.3 Å². The summed E-state index contributed by atoms with van der Waals surface area (Å²) < 4.78 is 5.86. The lowest BCUT2D eigenvalue weighted by molar-refractivity contribution is 0.0767. The minimum absolute atomic E-state index is 0.0512. The van der Waals surface area contributed by atoms with Crippen LogP contribution in [-0.2, 0) is 11.8 Å². The molecular weight excluding hydrogens is 522 g/mol. The van der Waals surface area contributed by atoms with E-state index in [2.05, 4.69) is 87.1 Å². The van der Waals surface area contributed by atoms with E-state index in [0.717, 1.165) is 58.6 Å². The maximum atomic E-state index is 13.5. The molecule has 216 valence electrons. The van der Waals surface area contributed by atoms with Crippen LogP contribution < -0.4 is 4.90 Å². The fraction of sp³-hybridized carbons (Fsp3) is 0.371. The highest BCUT2D eigenvalue weighted by molar-refractivity contribution is 6.00. The van der Waals surface area contributed by atoms with Crippen molar-refractivity contribution < 1.29 is 9.32 Å². The van der Waals surface area contributed by atoms with Crippen molar-refractivity contribution in [2.75, 3.05) is 31.1 Å². The van der Waals surface area contributed by atoms with Gasteiger partial charge in [0.05, 0.1) is 0 Å². The zero-order valence-electron chi connectivity index (χ0n) is 25.2.